The highest BCUT2D eigenvalue weighted by molar-refractivity contribution is 6.01. The van der Waals surface area contributed by atoms with Gasteiger partial charge in [0.1, 0.15) is 11.6 Å². The van der Waals surface area contributed by atoms with Crippen LogP contribution in [0.25, 0.3) is 16.5 Å². The van der Waals surface area contributed by atoms with Crippen LogP contribution < -0.4 is 10.9 Å². The number of halogens is 1. The number of phenols is 1. The van der Waals surface area contributed by atoms with E-state index in [1.165, 1.54) is 12.1 Å². The number of hydrogen-bond donors (Lipinski definition) is 3. The van der Waals surface area contributed by atoms with Gasteiger partial charge in [0.25, 0.3) is 5.91 Å². The summed E-state index contributed by atoms with van der Waals surface area (Å²) >= 11 is 0. The molecule has 0 aromatic heterocycles. The second-order valence-electron chi connectivity index (χ2n) is 5.28. The van der Waals surface area contributed by atoms with Gasteiger partial charge in [0.05, 0.1) is 11.3 Å². The van der Waals surface area contributed by atoms with Gasteiger partial charge < -0.3 is 5.11 Å². The van der Waals surface area contributed by atoms with E-state index in [4.69, 9.17) is 0 Å². The first kappa shape index (κ1) is 15.6. The quantitative estimate of drug-likeness (QED) is 0.643. The van der Waals surface area contributed by atoms with Gasteiger partial charge in [0.15, 0.2) is 0 Å². The Kier molecular flexibility index (Phi) is 4.16. The number of aromatic hydroxyl groups is 1. The second kappa shape index (κ2) is 6.42. The van der Waals surface area contributed by atoms with Gasteiger partial charge >= 0.3 is 0 Å². The summed E-state index contributed by atoms with van der Waals surface area (Å²) in [7, 11) is 0. The summed E-state index contributed by atoms with van der Waals surface area (Å²) in [6, 6.07) is 16.3. The van der Waals surface area contributed by atoms with E-state index in [1.54, 1.807) is 24.3 Å². The van der Waals surface area contributed by atoms with Crippen LogP contribution in [0.1, 0.15) is 15.9 Å². The van der Waals surface area contributed by atoms with E-state index in [2.05, 4.69) is 17.4 Å². The number of phenolic OH excluding ortho intramolecular Hbond substituents is 1. The van der Waals surface area contributed by atoms with Crippen molar-refractivity contribution in [1.29, 1.82) is 0 Å². The standard InChI is InChI=1S/C19H15FN2O2/c1-12(13-6-8-16(20)9-7-13)21-22-19(24)17-10-14-4-2-3-5-15(14)11-18(17)23/h2-11,21,23H,1H2,(H,22,24). The van der Waals surface area contributed by atoms with Crippen LogP contribution in [0.2, 0.25) is 0 Å². The Hall–Kier alpha value is -3.34. The Balaban J connectivity index is 1.74. The normalized spacial score (nSPS) is 10.4. The van der Waals surface area contributed by atoms with Crippen LogP contribution in [0.5, 0.6) is 5.75 Å². The van der Waals surface area contributed by atoms with Crippen molar-refractivity contribution in [2.24, 2.45) is 0 Å². The van der Waals surface area contributed by atoms with Gasteiger partial charge in [-0.15, -0.1) is 0 Å². The molecule has 3 rings (SSSR count). The summed E-state index contributed by atoms with van der Waals surface area (Å²) in [5, 5.41) is 11.7. The number of hydrazine groups is 1. The highest BCUT2D eigenvalue weighted by Crippen LogP contribution is 2.24. The molecule has 3 N–H and O–H groups in total. The highest BCUT2D eigenvalue weighted by Gasteiger charge is 2.12. The predicted molar refractivity (Wildman–Crippen MR) is 91.6 cm³/mol. The molecule has 0 atom stereocenters. The Labute approximate surface area is 138 Å². The van der Waals surface area contributed by atoms with Gasteiger partial charge in [0, 0.05) is 0 Å². The summed E-state index contributed by atoms with van der Waals surface area (Å²) < 4.78 is 12.9. The van der Waals surface area contributed by atoms with Crippen molar-refractivity contribution in [2.75, 3.05) is 0 Å². The third-order valence-electron chi connectivity index (χ3n) is 3.63. The molecule has 0 aliphatic rings. The largest absolute Gasteiger partial charge is 0.507 e. The Morgan fingerprint density at radius 3 is 2.25 bits per heavy atom. The summed E-state index contributed by atoms with van der Waals surface area (Å²) in [5.41, 5.74) is 6.33. The van der Waals surface area contributed by atoms with Gasteiger partial charge in [-0.2, -0.15) is 0 Å². The minimum Gasteiger partial charge on any atom is -0.507 e. The minimum absolute atomic E-state index is 0.111. The van der Waals surface area contributed by atoms with E-state index < -0.39 is 5.91 Å². The zero-order valence-electron chi connectivity index (χ0n) is 12.7. The van der Waals surface area contributed by atoms with Gasteiger partial charge in [0.2, 0.25) is 0 Å². The topological polar surface area (TPSA) is 61.4 Å². The molecule has 0 heterocycles. The maximum absolute atomic E-state index is 12.9. The molecule has 0 aliphatic heterocycles. The first-order valence-corrected chi connectivity index (χ1v) is 7.27. The number of carbonyl (C=O) groups excluding carboxylic acids is 1. The van der Waals surface area contributed by atoms with Gasteiger partial charge in [-0.1, -0.05) is 30.8 Å². The van der Waals surface area contributed by atoms with Gasteiger partial charge in [-0.3, -0.25) is 15.6 Å². The van der Waals surface area contributed by atoms with Crippen molar-refractivity contribution in [3.05, 3.63) is 84.2 Å². The summed E-state index contributed by atoms with van der Waals surface area (Å²) in [5.74, 6) is -0.960. The van der Waals surface area contributed by atoms with E-state index in [-0.39, 0.29) is 17.1 Å². The Morgan fingerprint density at radius 2 is 1.58 bits per heavy atom. The van der Waals surface area contributed by atoms with Crippen molar-refractivity contribution in [2.45, 2.75) is 0 Å². The Morgan fingerprint density at radius 1 is 0.958 bits per heavy atom. The lowest BCUT2D eigenvalue weighted by Gasteiger charge is -2.12. The molecule has 4 nitrogen and oxygen atoms in total. The highest BCUT2D eigenvalue weighted by atomic mass is 19.1. The fraction of sp³-hybridized carbons (Fsp3) is 0. The van der Waals surface area contributed by atoms with Crippen LogP contribution in [0.3, 0.4) is 0 Å². The number of amides is 1. The van der Waals surface area contributed by atoms with Crippen molar-refractivity contribution >= 4 is 22.4 Å². The molecule has 0 fully saturated rings. The fourth-order valence-electron chi connectivity index (χ4n) is 2.33. The van der Waals surface area contributed by atoms with Crippen LogP contribution in [0.4, 0.5) is 4.39 Å². The fourth-order valence-corrected chi connectivity index (χ4v) is 2.33. The molecule has 0 saturated carbocycles. The third kappa shape index (κ3) is 3.20. The number of rotatable bonds is 4. The molecule has 0 radical (unpaired) electrons. The maximum Gasteiger partial charge on any atom is 0.273 e. The smallest absolute Gasteiger partial charge is 0.273 e. The lowest BCUT2D eigenvalue weighted by molar-refractivity contribution is 0.0940. The number of benzene rings is 3. The summed E-state index contributed by atoms with van der Waals surface area (Å²) in [4.78, 5) is 12.3. The maximum atomic E-state index is 12.9. The predicted octanol–water partition coefficient (Wildman–Crippen LogP) is 3.59. The van der Waals surface area contributed by atoms with Crippen molar-refractivity contribution in [3.8, 4) is 5.75 Å². The lowest BCUT2D eigenvalue weighted by atomic mass is 10.1. The molecule has 0 spiro atoms. The van der Waals surface area contributed by atoms with E-state index in [9.17, 15) is 14.3 Å². The molecule has 3 aromatic carbocycles. The number of carbonyl (C=O) groups is 1. The SMILES string of the molecule is C=C(NNC(=O)c1cc2ccccc2cc1O)c1ccc(F)cc1. The van der Waals surface area contributed by atoms with Crippen molar-refractivity contribution in [1.82, 2.24) is 10.9 Å². The van der Waals surface area contributed by atoms with E-state index >= 15 is 0 Å². The van der Waals surface area contributed by atoms with Crippen LogP contribution in [-0.4, -0.2) is 11.0 Å². The molecule has 0 aliphatic carbocycles. The van der Waals surface area contributed by atoms with E-state index in [1.807, 2.05) is 24.3 Å². The minimum atomic E-state index is -0.499. The molecule has 3 aromatic rings. The third-order valence-corrected chi connectivity index (χ3v) is 3.63. The number of fused-ring (bicyclic) bond motifs is 1. The second-order valence-corrected chi connectivity index (χ2v) is 5.28. The van der Waals surface area contributed by atoms with Crippen LogP contribution >= 0.6 is 0 Å². The number of hydrogen-bond acceptors (Lipinski definition) is 3. The van der Waals surface area contributed by atoms with Gasteiger partial charge in [-0.05, 0) is 52.7 Å². The van der Waals surface area contributed by atoms with Crippen molar-refractivity contribution < 1.29 is 14.3 Å². The van der Waals surface area contributed by atoms with Crippen LogP contribution in [0, 0.1) is 5.82 Å². The molecule has 0 unspecified atom stereocenters. The van der Waals surface area contributed by atoms with E-state index in [0.717, 1.165) is 10.8 Å². The molecule has 0 bridgehead atoms. The van der Waals surface area contributed by atoms with Crippen LogP contribution in [-0.2, 0) is 0 Å². The molecule has 24 heavy (non-hydrogen) atoms. The lowest BCUT2D eigenvalue weighted by Crippen LogP contribution is -2.35. The summed E-state index contributed by atoms with van der Waals surface area (Å²) in [6.45, 7) is 3.78. The first-order chi connectivity index (χ1) is 11.5. The van der Waals surface area contributed by atoms with Gasteiger partial charge in [-0.25, -0.2) is 4.39 Å². The Bertz CT molecular complexity index is 920. The zero-order valence-corrected chi connectivity index (χ0v) is 12.7. The molecular formula is C19H15FN2O2. The monoisotopic (exact) mass is 322 g/mol. The average Bonchev–Trinajstić information content (AvgIpc) is 2.59. The average molecular weight is 322 g/mol. The van der Waals surface area contributed by atoms with Crippen LogP contribution in [0.15, 0.2) is 67.2 Å². The molecule has 0 saturated heterocycles. The molecule has 5 heteroatoms. The zero-order chi connectivity index (χ0) is 17.1. The first-order valence-electron chi connectivity index (χ1n) is 7.27. The molecular weight excluding hydrogens is 307 g/mol. The number of nitrogens with one attached hydrogen (secondary N) is 2. The van der Waals surface area contributed by atoms with E-state index in [0.29, 0.717) is 11.3 Å². The molecule has 120 valence electrons. The van der Waals surface area contributed by atoms with Crippen molar-refractivity contribution in [3.63, 3.8) is 0 Å². The summed E-state index contributed by atoms with van der Waals surface area (Å²) in [6.07, 6.45) is 0. The molecule has 1 amide bonds.